The lowest BCUT2D eigenvalue weighted by molar-refractivity contribution is -0.605. The third-order valence-electron chi connectivity index (χ3n) is 3.84. The normalized spacial score (nSPS) is 10.6. The molecular weight excluding hydrogens is 362 g/mol. The van der Waals surface area contributed by atoms with Crippen LogP contribution in [-0.2, 0) is 9.47 Å². The number of hydrogen-bond donors (Lipinski definition) is 1. The molecule has 28 heavy (non-hydrogen) atoms. The highest BCUT2D eigenvalue weighted by molar-refractivity contribution is 5.64. The molecule has 0 unspecified atom stereocenters. The van der Waals surface area contributed by atoms with Gasteiger partial charge in [-0.15, -0.1) is 0 Å². The van der Waals surface area contributed by atoms with Gasteiger partial charge >= 0.3 is 0 Å². The SMILES string of the molecule is COCCOCCOc1ccc(-c2n[nH]c(-c3cc[n+]([O-])cc3)n2)cc1C#N. The molecule has 2 heterocycles. The number of benzene rings is 1. The van der Waals surface area contributed by atoms with Crippen LogP contribution in [-0.4, -0.2) is 48.7 Å². The van der Waals surface area contributed by atoms with Gasteiger partial charge in [0.25, 0.3) is 0 Å². The molecule has 3 aromatic rings. The van der Waals surface area contributed by atoms with Crippen molar-refractivity contribution in [3.63, 3.8) is 0 Å². The zero-order valence-electron chi connectivity index (χ0n) is 15.3. The van der Waals surface area contributed by atoms with Gasteiger partial charge in [0.1, 0.15) is 18.4 Å². The number of nitrogens with zero attached hydrogens (tertiary/aromatic N) is 4. The number of aromatic amines is 1. The van der Waals surface area contributed by atoms with E-state index in [1.54, 1.807) is 37.4 Å². The van der Waals surface area contributed by atoms with Gasteiger partial charge in [-0.2, -0.15) is 15.1 Å². The van der Waals surface area contributed by atoms with Gasteiger partial charge < -0.3 is 19.4 Å². The predicted octanol–water partition coefficient (Wildman–Crippen LogP) is 1.69. The first-order valence-corrected chi connectivity index (χ1v) is 8.57. The van der Waals surface area contributed by atoms with E-state index in [4.69, 9.17) is 14.2 Å². The molecule has 1 N–H and O–H groups in total. The Balaban J connectivity index is 1.68. The fourth-order valence-corrected chi connectivity index (χ4v) is 2.43. The van der Waals surface area contributed by atoms with E-state index in [1.165, 1.54) is 12.4 Å². The third kappa shape index (κ3) is 4.82. The number of pyridine rings is 1. The molecule has 0 bridgehead atoms. The average Bonchev–Trinajstić information content (AvgIpc) is 3.21. The predicted molar refractivity (Wildman–Crippen MR) is 99.1 cm³/mol. The van der Waals surface area contributed by atoms with Crippen molar-refractivity contribution in [3.05, 3.63) is 53.5 Å². The monoisotopic (exact) mass is 381 g/mol. The first kappa shape index (κ1) is 19.3. The molecule has 3 rings (SSSR count). The second-order valence-corrected chi connectivity index (χ2v) is 5.73. The zero-order chi connectivity index (χ0) is 19.8. The molecule has 0 radical (unpaired) electrons. The van der Waals surface area contributed by atoms with E-state index in [9.17, 15) is 10.5 Å². The van der Waals surface area contributed by atoms with Crippen LogP contribution in [0.1, 0.15) is 5.56 Å². The van der Waals surface area contributed by atoms with Gasteiger partial charge in [0.05, 0.1) is 25.4 Å². The molecule has 9 heteroatoms. The van der Waals surface area contributed by atoms with Crippen LogP contribution in [0, 0.1) is 16.5 Å². The molecule has 0 atom stereocenters. The Morgan fingerprint density at radius 3 is 2.64 bits per heavy atom. The van der Waals surface area contributed by atoms with Crippen LogP contribution in [0.5, 0.6) is 5.75 Å². The van der Waals surface area contributed by atoms with E-state index >= 15 is 0 Å². The van der Waals surface area contributed by atoms with E-state index in [2.05, 4.69) is 21.3 Å². The Morgan fingerprint density at radius 2 is 1.89 bits per heavy atom. The smallest absolute Gasteiger partial charge is 0.181 e. The summed E-state index contributed by atoms with van der Waals surface area (Å²) in [6.07, 6.45) is 2.77. The first-order chi connectivity index (χ1) is 13.7. The maximum absolute atomic E-state index is 11.1. The van der Waals surface area contributed by atoms with Gasteiger partial charge in [-0.25, -0.2) is 4.98 Å². The Bertz CT molecular complexity index is 950. The number of nitriles is 1. The fraction of sp³-hybridized carbons (Fsp3) is 0.263. The van der Waals surface area contributed by atoms with Crippen molar-refractivity contribution >= 4 is 0 Å². The van der Waals surface area contributed by atoms with Gasteiger partial charge in [0.2, 0.25) is 0 Å². The summed E-state index contributed by atoms with van der Waals surface area (Å²) in [4.78, 5) is 4.43. The van der Waals surface area contributed by atoms with Crippen LogP contribution in [0.4, 0.5) is 0 Å². The van der Waals surface area contributed by atoms with Gasteiger partial charge in [-0.3, -0.25) is 5.10 Å². The van der Waals surface area contributed by atoms with Crippen molar-refractivity contribution in [3.8, 4) is 34.6 Å². The van der Waals surface area contributed by atoms with Crippen molar-refractivity contribution in [2.24, 2.45) is 0 Å². The molecule has 0 saturated heterocycles. The van der Waals surface area contributed by atoms with Crippen LogP contribution in [0.3, 0.4) is 0 Å². The number of methoxy groups -OCH3 is 1. The Hall–Kier alpha value is -3.48. The molecule has 0 saturated carbocycles. The molecule has 0 fully saturated rings. The van der Waals surface area contributed by atoms with Crippen molar-refractivity contribution in [1.82, 2.24) is 15.2 Å². The Kier molecular flexibility index (Phi) is 6.51. The zero-order valence-corrected chi connectivity index (χ0v) is 15.3. The summed E-state index contributed by atoms with van der Waals surface area (Å²) >= 11 is 0. The highest BCUT2D eigenvalue weighted by Crippen LogP contribution is 2.25. The lowest BCUT2D eigenvalue weighted by Crippen LogP contribution is -2.23. The average molecular weight is 381 g/mol. The summed E-state index contributed by atoms with van der Waals surface area (Å²) in [5, 5.41) is 27.6. The van der Waals surface area contributed by atoms with E-state index in [-0.39, 0.29) is 0 Å². The van der Waals surface area contributed by atoms with E-state index in [1.807, 2.05) is 0 Å². The number of aromatic nitrogens is 4. The van der Waals surface area contributed by atoms with Gasteiger partial charge in [-0.05, 0) is 18.2 Å². The summed E-state index contributed by atoms with van der Waals surface area (Å²) in [5.74, 6) is 1.45. The van der Waals surface area contributed by atoms with Crippen molar-refractivity contribution < 1.29 is 18.9 Å². The molecule has 9 nitrogen and oxygen atoms in total. The standard InChI is InChI=1S/C19H19N5O4/c1-26-8-9-27-10-11-28-17-3-2-15(12-16(17)13-20)19-21-18(22-23-19)14-4-6-24(25)7-5-14/h2-7,12H,8-11H2,1H3,(H,21,22,23). The molecule has 144 valence electrons. The summed E-state index contributed by atoms with van der Waals surface area (Å²) in [5.41, 5.74) is 1.80. The Labute approximate surface area is 161 Å². The topological polar surface area (TPSA) is 120 Å². The van der Waals surface area contributed by atoms with Crippen LogP contribution >= 0.6 is 0 Å². The number of hydrogen-bond acceptors (Lipinski definition) is 7. The van der Waals surface area contributed by atoms with Gasteiger partial charge in [0.15, 0.2) is 24.0 Å². The number of H-pyrrole nitrogens is 1. The van der Waals surface area contributed by atoms with Crippen molar-refractivity contribution in [2.75, 3.05) is 33.5 Å². The molecule has 2 aromatic heterocycles. The van der Waals surface area contributed by atoms with E-state index in [0.717, 1.165) is 5.56 Å². The molecule has 0 amide bonds. The van der Waals surface area contributed by atoms with E-state index < -0.39 is 0 Å². The van der Waals surface area contributed by atoms with Crippen LogP contribution < -0.4 is 9.47 Å². The minimum atomic E-state index is 0.330. The number of ether oxygens (including phenoxy) is 3. The quantitative estimate of drug-likeness (QED) is 0.340. The van der Waals surface area contributed by atoms with Gasteiger partial charge in [0, 0.05) is 30.4 Å². The molecule has 0 aliphatic heterocycles. The molecule has 0 aliphatic rings. The molecule has 0 aliphatic carbocycles. The molecule has 1 aromatic carbocycles. The second kappa shape index (κ2) is 9.45. The minimum Gasteiger partial charge on any atom is -0.619 e. The van der Waals surface area contributed by atoms with Crippen LogP contribution in [0.25, 0.3) is 22.8 Å². The first-order valence-electron chi connectivity index (χ1n) is 8.57. The minimum absolute atomic E-state index is 0.330. The molecule has 0 spiro atoms. The summed E-state index contributed by atoms with van der Waals surface area (Å²) in [6.45, 7) is 1.75. The third-order valence-corrected chi connectivity index (χ3v) is 3.84. The fourth-order valence-electron chi connectivity index (χ4n) is 2.43. The second-order valence-electron chi connectivity index (χ2n) is 5.73. The lowest BCUT2D eigenvalue weighted by Gasteiger charge is -2.09. The summed E-state index contributed by atoms with van der Waals surface area (Å²) < 4.78 is 16.5. The van der Waals surface area contributed by atoms with Crippen LogP contribution in [0.2, 0.25) is 0 Å². The van der Waals surface area contributed by atoms with Crippen LogP contribution in [0.15, 0.2) is 42.7 Å². The molecular formula is C19H19N5O4. The largest absolute Gasteiger partial charge is 0.619 e. The maximum atomic E-state index is 11.1. The van der Waals surface area contributed by atoms with Gasteiger partial charge in [-0.1, -0.05) is 0 Å². The summed E-state index contributed by atoms with van der Waals surface area (Å²) in [6, 6.07) is 10.6. The van der Waals surface area contributed by atoms with Crippen molar-refractivity contribution in [2.45, 2.75) is 0 Å². The van der Waals surface area contributed by atoms with Crippen molar-refractivity contribution in [1.29, 1.82) is 5.26 Å². The Morgan fingerprint density at radius 1 is 1.11 bits per heavy atom. The lowest BCUT2D eigenvalue weighted by atomic mass is 10.1. The number of nitrogens with one attached hydrogen (secondary N) is 1. The number of rotatable bonds is 9. The highest BCUT2D eigenvalue weighted by atomic mass is 16.5. The maximum Gasteiger partial charge on any atom is 0.181 e. The summed E-state index contributed by atoms with van der Waals surface area (Å²) in [7, 11) is 1.61. The van der Waals surface area contributed by atoms with E-state index in [0.29, 0.717) is 59.7 Å². The highest BCUT2D eigenvalue weighted by Gasteiger charge is 2.12.